The first-order valence-electron chi connectivity index (χ1n) is 5.28. The Morgan fingerprint density at radius 2 is 2.16 bits per heavy atom. The minimum absolute atomic E-state index is 0.0322. The Morgan fingerprint density at radius 1 is 1.53 bits per heavy atom. The van der Waals surface area contributed by atoms with Crippen LogP contribution >= 0.6 is 10.7 Å². The van der Waals surface area contributed by atoms with Crippen molar-refractivity contribution in [2.75, 3.05) is 6.61 Å². The standard InChI is InChI=1S/C11H12ClNO5S/c1-3-8(2)7-18-10-5-4-9(13(14)15)6-11(10)19(12,16)17/h4-6H,2-3,7H2,1H3. The van der Waals surface area contributed by atoms with Crippen molar-refractivity contribution in [3.05, 3.63) is 40.5 Å². The fourth-order valence-corrected chi connectivity index (χ4v) is 2.19. The largest absolute Gasteiger partial charge is 0.488 e. The van der Waals surface area contributed by atoms with Crippen LogP contribution in [0.4, 0.5) is 5.69 Å². The topological polar surface area (TPSA) is 86.5 Å². The van der Waals surface area contributed by atoms with Crippen LogP contribution in [0.3, 0.4) is 0 Å². The summed E-state index contributed by atoms with van der Waals surface area (Å²) in [5.74, 6) is -0.0322. The molecule has 0 spiro atoms. The minimum Gasteiger partial charge on any atom is -0.488 e. The quantitative estimate of drug-likeness (QED) is 0.349. The second-order valence-corrected chi connectivity index (χ2v) is 6.25. The van der Waals surface area contributed by atoms with Gasteiger partial charge in [-0.1, -0.05) is 13.5 Å². The molecule has 0 aliphatic heterocycles. The summed E-state index contributed by atoms with van der Waals surface area (Å²) in [6.07, 6.45) is 0.677. The highest BCUT2D eigenvalue weighted by molar-refractivity contribution is 8.13. The number of non-ortho nitro benzene ring substituents is 1. The number of hydrogen-bond donors (Lipinski definition) is 0. The minimum atomic E-state index is -4.13. The predicted molar refractivity (Wildman–Crippen MR) is 71.1 cm³/mol. The highest BCUT2D eigenvalue weighted by Crippen LogP contribution is 2.31. The van der Waals surface area contributed by atoms with Crippen LogP contribution in [0, 0.1) is 10.1 Å². The Labute approximate surface area is 115 Å². The van der Waals surface area contributed by atoms with E-state index in [0.717, 1.165) is 17.7 Å². The predicted octanol–water partition coefficient (Wildman–Crippen LogP) is 2.87. The zero-order chi connectivity index (χ0) is 14.6. The lowest BCUT2D eigenvalue weighted by Gasteiger charge is -2.10. The number of benzene rings is 1. The molecule has 8 heteroatoms. The molecule has 0 bridgehead atoms. The number of nitro groups is 1. The zero-order valence-electron chi connectivity index (χ0n) is 10.1. The number of halogens is 1. The molecule has 0 N–H and O–H groups in total. The summed E-state index contributed by atoms with van der Waals surface area (Å²) in [6.45, 7) is 5.70. The molecule has 0 saturated heterocycles. The summed E-state index contributed by atoms with van der Waals surface area (Å²) in [5, 5.41) is 10.6. The fourth-order valence-electron chi connectivity index (χ4n) is 1.20. The normalized spacial score (nSPS) is 11.1. The number of rotatable bonds is 6. The molecule has 1 aromatic carbocycles. The molecule has 6 nitrogen and oxygen atoms in total. The lowest BCUT2D eigenvalue weighted by molar-refractivity contribution is -0.385. The van der Waals surface area contributed by atoms with Crippen LogP contribution in [0.25, 0.3) is 0 Å². The van der Waals surface area contributed by atoms with E-state index in [0.29, 0.717) is 6.42 Å². The third-order valence-electron chi connectivity index (χ3n) is 2.33. The van der Waals surface area contributed by atoms with Gasteiger partial charge in [-0.25, -0.2) is 8.42 Å². The van der Waals surface area contributed by atoms with E-state index in [1.54, 1.807) is 0 Å². The van der Waals surface area contributed by atoms with Gasteiger partial charge in [0, 0.05) is 22.8 Å². The van der Waals surface area contributed by atoms with E-state index in [1.165, 1.54) is 6.07 Å². The first-order chi connectivity index (χ1) is 8.75. The summed E-state index contributed by atoms with van der Waals surface area (Å²) in [7, 11) is 1.11. The molecule has 1 rings (SSSR count). The van der Waals surface area contributed by atoms with Gasteiger partial charge in [0.05, 0.1) is 4.92 Å². The number of hydrogen-bond acceptors (Lipinski definition) is 5. The van der Waals surface area contributed by atoms with Gasteiger partial charge in [0.25, 0.3) is 14.7 Å². The monoisotopic (exact) mass is 305 g/mol. The summed E-state index contributed by atoms with van der Waals surface area (Å²) in [4.78, 5) is 9.48. The van der Waals surface area contributed by atoms with E-state index >= 15 is 0 Å². The first kappa shape index (κ1) is 15.5. The average Bonchev–Trinajstić information content (AvgIpc) is 2.34. The van der Waals surface area contributed by atoms with Crippen LogP contribution in [0.1, 0.15) is 13.3 Å². The molecule has 0 heterocycles. The Balaban J connectivity index is 3.17. The highest BCUT2D eigenvalue weighted by Gasteiger charge is 2.21. The van der Waals surface area contributed by atoms with Gasteiger partial charge in [-0.05, 0) is 18.1 Å². The lowest BCUT2D eigenvalue weighted by Crippen LogP contribution is -2.04. The molecule has 0 unspecified atom stereocenters. The second-order valence-electron chi connectivity index (χ2n) is 3.72. The van der Waals surface area contributed by atoms with E-state index in [2.05, 4.69) is 6.58 Å². The van der Waals surface area contributed by atoms with E-state index in [-0.39, 0.29) is 18.0 Å². The van der Waals surface area contributed by atoms with Crippen molar-refractivity contribution in [3.63, 3.8) is 0 Å². The Bertz CT molecular complexity index is 612. The molecular weight excluding hydrogens is 294 g/mol. The molecule has 0 fully saturated rings. The van der Waals surface area contributed by atoms with Crippen molar-refractivity contribution in [1.29, 1.82) is 0 Å². The van der Waals surface area contributed by atoms with Gasteiger partial charge in [0.2, 0.25) is 0 Å². The van der Waals surface area contributed by atoms with Crippen molar-refractivity contribution in [2.24, 2.45) is 0 Å². The molecule has 0 aromatic heterocycles. The smallest absolute Gasteiger partial charge is 0.271 e. The van der Waals surface area contributed by atoms with Crippen LogP contribution in [0.2, 0.25) is 0 Å². The molecule has 19 heavy (non-hydrogen) atoms. The number of ether oxygens (including phenoxy) is 1. The SMILES string of the molecule is C=C(CC)COc1ccc([N+](=O)[O-])cc1S(=O)(=O)Cl. The van der Waals surface area contributed by atoms with Crippen LogP contribution in [0.15, 0.2) is 35.2 Å². The number of nitro benzene ring substituents is 1. The van der Waals surface area contributed by atoms with Gasteiger partial charge in [0.15, 0.2) is 0 Å². The van der Waals surface area contributed by atoms with Gasteiger partial charge in [0.1, 0.15) is 17.3 Å². The third-order valence-corrected chi connectivity index (χ3v) is 3.68. The van der Waals surface area contributed by atoms with Crippen molar-refractivity contribution < 1.29 is 18.1 Å². The van der Waals surface area contributed by atoms with E-state index < -0.39 is 18.9 Å². The fraction of sp³-hybridized carbons (Fsp3) is 0.273. The van der Waals surface area contributed by atoms with Gasteiger partial charge in [-0.2, -0.15) is 0 Å². The average molecular weight is 306 g/mol. The van der Waals surface area contributed by atoms with Crippen molar-refractivity contribution in [2.45, 2.75) is 18.2 Å². The highest BCUT2D eigenvalue weighted by atomic mass is 35.7. The van der Waals surface area contributed by atoms with Gasteiger partial charge < -0.3 is 4.74 Å². The van der Waals surface area contributed by atoms with Crippen LogP contribution in [-0.2, 0) is 9.05 Å². The van der Waals surface area contributed by atoms with Crippen LogP contribution in [-0.4, -0.2) is 19.9 Å². The van der Waals surface area contributed by atoms with Crippen LogP contribution in [0.5, 0.6) is 5.75 Å². The molecule has 0 radical (unpaired) electrons. The second kappa shape index (κ2) is 6.03. The van der Waals surface area contributed by atoms with Gasteiger partial charge >= 0.3 is 0 Å². The molecule has 0 aliphatic carbocycles. The molecule has 0 atom stereocenters. The van der Waals surface area contributed by atoms with Crippen molar-refractivity contribution >= 4 is 25.4 Å². The Hall–Kier alpha value is -1.60. The molecule has 104 valence electrons. The summed E-state index contributed by atoms with van der Waals surface area (Å²) in [6, 6.07) is 3.22. The van der Waals surface area contributed by atoms with Crippen molar-refractivity contribution in [3.8, 4) is 5.75 Å². The van der Waals surface area contributed by atoms with Gasteiger partial charge in [-0.3, -0.25) is 10.1 Å². The Kier molecular flexibility index (Phi) is 4.90. The Morgan fingerprint density at radius 3 is 2.63 bits per heavy atom. The molecule has 0 amide bonds. The summed E-state index contributed by atoms with van der Waals surface area (Å²) >= 11 is 0. The molecule has 0 saturated carbocycles. The molecular formula is C11H12ClNO5S. The van der Waals surface area contributed by atoms with E-state index in [9.17, 15) is 18.5 Å². The first-order valence-corrected chi connectivity index (χ1v) is 7.59. The summed E-state index contributed by atoms with van der Waals surface area (Å²) in [5.41, 5.74) is 0.386. The maximum absolute atomic E-state index is 11.4. The zero-order valence-corrected chi connectivity index (χ0v) is 11.7. The molecule has 1 aromatic rings. The van der Waals surface area contributed by atoms with Gasteiger partial charge in [-0.15, -0.1) is 0 Å². The number of nitrogens with zero attached hydrogens (tertiary/aromatic N) is 1. The maximum atomic E-state index is 11.4. The summed E-state index contributed by atoms with van der Waals surface area (Å²) < 4.78 is 28.0. The molecule has 0 aliphatic rings. The van der Waals surface area contributed by atoms with E-state index in [4.69, 9.17) is 15.4 Å². The lowest BCUT2D eigenvalue weighted by atomic mass is 10.2. The van der Waals surface area contributed by atoms with E-state index in [1.807, 2.05) is 6.92 Å². The third kappa shape index (κ3) is 4.22. The van der Waals surface area contributed by atoms with Crippen molar-refractivity contribution in [1.82, 2.24) is 0 Å². The van der Waals surface area contributed by atoms with Crippen LogP contribution < -0.4 is 4.74 Å². The maximum Gasteiger partial charge on any atom is 0.271 e.